The minimum Gasteiger partial charge on any atom is -0.351 e. The van der Waals surface area contributed by atoms with Crippen LogP contribution in [0.15, 0.2) is 30.3 Å². The zero-order chi connectivity index (χ0) is 18.8. The first-order valence-corrected chi connectivity index (χ1v) is 9.74. The lowest BCUT2D eigenvalue weighted by atomic mass is 9.83. The lowest BCUT2D eigenvalue weighted by Crippen LogP contribution is -2.50. The quantitative estimate of drug-likeness (QED) is 0.761. The molecule has 0 radical (unpaired) electrons. The number of rotatable bonds is 5. The molecule has 0 spiro atoms. The number of para-hydroxylation sites is 1. The van der Waals surface area contributed by atoms with Crippen LogP contribution in [0.1, 0.15) is 49.0 Å². The van der Waals surface area contributed by atoms with E-state index in [2.05, 4.69) is 21.7 Å². The number of nitrogens with zero attached hydrogens (tertiary/aromatic N) is 1. The van der Waals surface area contributed by atoms with Crippen molar-refractivity contribution in [1.82, 2.24) is 15.6 Å². The average Bonchev–Trinajstić information content (AvgIpc) is 3.43. The minimum atomic E-state index is -0.399. The second-order valence-corrected chi connectivity index (χ2v) is 7.69. The summed E-state index contributed by atoms with van der Waals surface area (Å²) in [6.45, 7) is 0. The van der Waals surface area contributed by atoms with Crippen LogP contribution in [0, 0.1) is 23.2 Å². The summed E-state index contributed by atoms with van der Waals surface area (Å²) < 4.78 is 0. The second-order valence-electron chi connectivity index (χ2n) is 7.69. The number of hydrogen-bond donors (Lipinski definition) is 3. The van der Waals surface area contributed by atoms with Gasteiger partial charge in [0, 0.05) is 16.9 Å². The summed E-state index contributed by atoms with van der Waals surface area (Å²) in [4.78, 5) is 28.6. The van der Waals surface area contributed by atoms with Gasteiger partial charge in [0.05, 0.1) is 12.0 Å². The van der Waals surface area contributed by atoms with E-state index in [4.69, 9.17) is 0 Å². The van der Waals surface area contributed by atoms with E-state index in [0.717, 1.165) is 49.4 Å². The predicted octanol–water partition coefficient (Wildman–Crippen LogP) is 2.87. The Balaban J connectivity index is 1.44. The number of H-pyrrole nitrogens is 1. The number of aromatic nitrogens is 1. The van der Waals surface area contributed by atoms with Crippen molar-refractivity contribution in [1.29, 1.82) is 5.26 Å². The van der Waals surface area contributed by atoms with Gasteiger partial charge in [0.25, 0.3) is 5.91 Å². The Morgan fingerprint density at radius 3 is 2.67 bits per heavy atom. The molecule has 1 aromatic carbocycles. The first-order valence-electron chi connectivity index (χ1n) is 9.74. The normalized spacial score (nSPS) is 23.4. The Bertz CT molecular complexity index is 860. The molecule has 2 saturated carbocycles. The maximum absolute atomic E-state index is 12.7. The third-order valence-corrected chi connectivity index (χ3v) is 5.72. The van der Waals surface area contributed by atoms with Crippen molar-refractivity contribution in [3.05, 3.63) is 36.0 Å². The Morgan fingerprint density at radius 1 is 1.15 bits per heavy atom. The van der Waals surface area contributed by atoms with Gasteiger partial charge in [-0.05, 0) is 43.7 Å². The number of aromatic amines is 1. The molecule has 1 heterocycles. The maximum atomic E-state index is 12.7. The van der Waals surface area contributed by atoms with E-state index in [-0.39, 0.29) is 23.8 Å². The van der Waals surface area contributed by atoms with E-state index in [0.29, 0.717) is 11.6 Å². The van der Waals surface area contributed by atoms with Crippen molar-refractivity contribution < 1.29 is 9.59 Å². The van der Waals surface area contributed by atoms with Crippen LogP contribution in [0.4, 0.5) is 0 Å². The molecule has 2 fully saturated rings. The molecule has 0 saturated heterocycles. The topological polar surface area (TPSA) is 97.8 Å². The highest BCUT2D eigenvalue weighted by Gasteiger charge is 2.37. The van der Waals surface area contributed by atoms with Crippen molar-refractivity contribution in [2.75, 3.05) is 0 Å². The molecular formula is C21H24N4O2. The Labute approximate surface area is 158 Å². The van der Waals surface area contributed by atoms with E-state index in [1.807, 2.05) is 30.3 Å². The molecule has 0 bridgehead atoms. The largest absolute Gasteiger partial charge is 0.351 e. The van der Waals surface area contributed by atoms with E-state index in [1.165, 1.54) is 0 Å². The summed E-state index contributed by atoms with van der Waals surface area (Å²) in [5.74, 6) is -0.270. The molecule has 2 aliphatic carbocycles. The van der Waals surface area contributed by atoms with E-state index < -0.39 is 6.04 Å². The van der Waals surface area contributed by atoms with Gasteiger partial charge < -0.3 is 15.6 Å². The molecule has 27 heavy (non-hydrogen) atoms. The summed E-state index contributed by atoms with van der Waals surface area (Å²) >= 11 is 0. The highest BCUT2D eigenvalue weighted by molar-refractivity contribution is 5.98. The predicted molar refractivity (Wildman–Crippen MR) is 102 cm³/mol. The second kappa shape index (κ2) is 7.43. The molecule has 6 nitrogen and oxygen atoms in total. The summed E-state index contributed by atoms with van der Waals surface area (Å²) in [5, 5.41) is 16.2. The fraction of sp³-hybridized carbons (Fsp3) is 0.476. The highest BCUT2D eigenvalue weighted by Crippen LogP contribution is 2.33. The van der Waals surface area contributed by atoms with Crippen LogP contribution in [0.25, 0.3) is 10.9 Å². The first kappa shape index (κ1) is 17.6. The third kappa shape index (κ3) is 3.82. The summed E-state index contributed by atoms with van der Waals surface area (Å²) in [6, 6.07) is 11.2. The molecule has 2 aliphatic rings. The van der Waals surface area contributed by atoms with Gasteiger partial charge in [-0.1, -0.05) is 31.0 Å². The summed E-state index contributed by atoms with van der Waals surface area (Å²) in [7, 11) is 0. The van der Waals surface area contributed by atoms with Crippen LogP contribution in [0.3, 0.4) is 0 Å². The van der Waals surface area contributed by atoms with E-state index >= 15 is 0 Å². The van der Waals surface area contributed by atoms with Crippen LogP contribution in [0.2, 0.25) is 0 Å². The lowest BCUT2D eigenvalue weighted by molar-refractivity contribution is -0.127. The van der Waals surface area contributed by atoms with Gasteiger partial charge in [-0.3, -0.25) is 9.59 Å². The van der Waals surface area contributed by atoms with Gasteiger partial charge in [0.2, 0.25) is 5.91 Å². The lowest BCUT2D eigenvalue weighted by Gasteiger charge is -2.31. The van der Waals surface area contributed by atoms with Gasteiger partial charge in [-0.2, -0.15) is 5.26 Å². The van der Waals surface area contributed by atoms with E-state index in [1.54, 1.807) is 0 Å². The number of carbonyl (C=O) groups excluding carboxylic acids is 2. The Kier molecular flexibility index (Phi) is 4.85. The number of carbonyl (C=O) groups is 2. The number of nitriles is 1. The molecule has 2 aromatic rings. The zero-order valence-electron chi connectivity index (χ0n) is 15.2. The summed E-state index contributed by atoms with van der Waals surface area (Å²) in [5.41, 5.74) is 1.43. The van der Waals surface area contributed by atoms with Crippen molar-refractivity contribution in [2.24, 2.45) is 11.8 Å². The van der Waals surface area contributed by atoms with Crippen LogP contribution < -0.4 is 10.6 Å². The minimum absolute atomic E-state index is 0.102. The fourth-order valence-electron chi connectivity index (χ4n) is 4.00. The molecule has 3 N–H and O–H groups in total. The average molecular weight is 364 g/mol. The number of amides is 2. The molecule has 6 heteroatoms. The first-order chi connectivity index (χ1) is 13.2. The van der Waals surface area contributed by atoms with Crippen LogP contribution in [0.5, 0.6) is 0 Å². The number of hydrogen-bond acceptors (Lipinski definition) is 3. The van der Waals surface area contributed by atoms with Crippen molar-refractivity contribution >= 4 is 22.7 Å². The monoisotopic (exact) mass is 364 g/mol. The maximum Gasteiger partial charge on any atom is 0.267 e. The van der Waals surface area contributed by atoms with Gasteiger partial charge in [0.15, 0.2) is 0 Å². The number of fused-ring (bicyclic) bond motifs is 1. The number of nitrogens with one attached hydrogen (secondary N) is 3. The highest BCUT2D eigenvalue weighted by atomic mass is 16.2. The molecule has 140 valence electrons. The van der Waals surface area contributed by atoms with Gasteiger partial charge in [0.1, 0.15) is 11.7 Å². The van der Waals surface area contributed by atoms with Crippen molar-refractivity contribution in [3.8, 4) is 6.07 Å². The molecule has 1 aromatic heterocycles. The van der Waals surface area contributed by atoms with Crippen LogP contribution in [-0.4, -0.2) is 28.9 Å². The fourth-order valence-corrected chi connectivity index (χ4v) is 4.00. The molecule has 4 rings (SSSR count). The Morgan fingerprint density at radius 2 is 1.93 bits per heavy atom. The molecule has 0 aliphatic heterocycles. The standard InChI is InChI=1S/C21H24N4O2/c22-12-19(13-9-10-13)25-20(26)15-6-2-4-8-17(15)24-21(27)18-11-14-5-1-3-7-16(14)23-18/h1,3,5,7,11,13,15,17,19,23H,2,4,6,8-10H2,(H,24,27)(H,25,26)/t15-,17+,19-/m1/s1. The smallest absolute Gasteiger partial charge is 0.267 e. The van der Waals surface area contributed by atoms with Crippen molar-refractivity contribution in [3.63, 3.8) is 0 Å². The van der Waals surface area contributed by atoms with Crippen LogP contribution >= 0.6 is 0 Å². The van der Waals surface area contributed by atoms with Gasteiger partial charge >= 0.3 is 0 Å². The Hall–Kier alpha value is -2.81. The zero-order valence-corrected chi connectivity index (χ0v) is 15.2. The van der Waals surface area contributed by atoms with Crippen LogP contribution in [-0.2, 0) is 4.79 Å². The summed E-state index contributed by atoms with van der Waals surface area (Å²) in [6.07, 6.45) is 5.49. The third-order valence-electron chi connectivity index (χ3n) is 5.72. The van der Waals surface area contributed by atoms with Gasteiger partial charge in [-0.25, -0.2) is 0 Å². The number of benzene rings is 1. The molecule has 0 unspecified atom stereocenters. The SMILES string of the molecule is N#C[C@@H](NC(=O)[C@@H]1CCCC[C@@H]1NC(=O)c1cc2ccccc2[nH]1)C1CC1. The van der Waals surface area contributed by atoms with Gasteiger partial charge in [-0.15, -0.1) is 0 Å². The van der Waals surface area contributed by atoms with E-state index in [9.17, 15) is 14.9 Å². The molecule has 3 atom stereocenters. The van der Waals surface area contributed by atoms with Crippen molar-refractivity contribution in [2.45, 2.75) is 50.6 Å². The molecular weight excluding hydrogens is 340 g/mol. The molecule has 2 amide bonds.